The van der Waals surface area contributed by atoms with Crippen LogP contribution in [0.1, 0.15) is 33.9 Å². The highest BCUT2D eigenvalue weighted by molar-refractivity contribution is 7.15. The van der Waals surface area contributed by atoms with E-state index < -0.39 is 5.91 Å². The van der Waals surface area contributed by atoms with Gasteiger partial charge in [0.15, 0.2) is 5.13 Å². The Morgan fingerprint density at radius 3 is 3.00 bits per heavy atom. The largest absolute Gasteiger partial charge is 0.313 e. The Balaban J connectivity index is 1.79. The van der Waals surface area contributed by atoms with E-state index in [2.05, 4.69) is 20.3 Å². The zero-order valence-electron chi connectivity index (χ0n) is 10.1. The Morgan fingerprint density at radius 1 is 1.37 bits per heavy atom. The molecular weight excluding hydrogens is 264 g/mol. The molecule has 19 heavy (non-hydrogen) atoms. The van der Waals surface area contributed by atoms with Crippen LogP contribution in [0, 0.1) is 0 Å². The molecule has 0 saturated heterocycles. The highest BCUT2D eigenvalue weighted by Gasteiger charge is 2.17. The predicted molar refractivity (Wildman–Crippen MR) is 71.6 cm³/mol. The number of nitrogens with one attached hydrogen (secondary N) is 2. The summed E-state index contributed by atoms with van der Waals surface area (Å²) in [6.07, 6.45) is 5.55. The number of aryl methyl sites for hydroxylation is 2. The minimum absolute atomic E-state index is 0.0944. The molecule has 0 aromatic carbocycles. The van der Waals surface area contributed by atoms with E-state index in [9.17, 15) is 9.59 Å². The first-order valence-electron chi connectivity index (χ1n) is 6.07. The number of aromatic nitrogens is 3. The molecule has 0 saturated carbocycles. The van der Waals surface area contributed by atoms with Crippen LogP contribution in [0.25, 0.3) is 0 Å². The number of fused-ring (bicyclic) bond motifs is 1. The first-order valence-corrected chi connectivity index (χ1v) is 6.89. The first-order chi connectivity index (χ1) is 9.22. The standard InChI is InChI=1S/C12H12N4O2S/c17-10-5-8(13-6-14-10)11(18)16-12-15-7-3-1-2-4-9(7)19-12/h5-6H,1-4H2,(H,13,14,17)(H,15,16,18). The minimum atomic E-state index is -0.405. The summed E-state index contributed by atoms with van der Waals surface area (Å²) in [5.41, 5.74) is 0.834. The molecule has 7 heteroatoms. The topological polar surface area (TPSA) is 87.7 Å². The van der Waals surface area contributed by atoms with Gasteiger partial charge < -0.3 is 4.98 Å². The minimum Gasteiger partial charge on any atom is -0.313 e. The summed E-state index contributed by atoms with van der Waals surface area (Å²) >= 11 is 1.51. The molecule has 1 aliphatic rings. The van der Waals surface area contributed by atoms with E-state index in [1.54, 1.807) is 0 Å². The SMILES string of the molecule is O=C(Nc1nc2c(s1)CCCC2)c1cc(=O)[nH]cn1. The zero-order valence-corrected chi connectivity index (χ0v) is 10.9. The second-order valence-corrected chi connectivity index (χ2v) is 5.43. The van der Waals surface area contributed by atoms with Crippen molar-refractivity contribution >= 4 is 22.4 Å². The van der Waals surface area contributed by atoms with Crippen LogP contribution in [-0.4, -0.2) is 20.9 Å². The quantitative estimate of drug-likeness (QED) is 0.867. The molecule has 6 nitrogen and oxygen atoms in total. The van der Waals surface area contributed by atoms with Crippen molar-refractivity contribution in [3.8, 4) is 0 Å². The Bertz CT molecular complexity index is 653. The van der Waals surface area contributed by atoms with Gasteiger partial charge in [-0.25, -0.2) is 9.97 Å². The summed E-state index contributed by atoms with van der Waals surface area (Å²) in [4.78, 5) is 34.9. The first kappa shape index (κ1) is 12.0. The van der Waals surface area contributed by atoms with E-state index in [0.717, 1.165) is 25.0 Å². The van der Waals surface area contributed by atoms with Crippen LogP contribution in [0.3, 0.4) is 0 Å². The van der Waals surface area contributed by atoms with Crippen molar-refractivity contribution in [1.82, 2.24) is 15.0 Å². The fourth-order valence-electron chi connectivity index (χ4n) is 2.06. The molecule has 0 bridgehead atoms. The van der Waals surface area contributed by atoms with E-state index >= 15 is 0 Å². The molecule has 3 rings (SSSR count). The molecule has 98 valence electrons. The molecule has 0 spiro atoms. The lowest BCUT2D eigenvalue weighted by atomic mass is 10.0. The third-order valence-electron chi connectivity index (χ3n) is 2.98. The molecule has 0 atom stereocenters. The smallest absolute Gasteiger partial charge is 0.276 e. The lowest BCUT2D eigenvalue weighted by Gasteiger charge is -2.06. The van der Waals surface area contributed by atoms with Crippen molar-refractivity contribution in [1.29, 1.82) is 0 Å². The fourth-order valence-corrected chi connectivity index (χ4v) is 3.10. The van der Waals surface area contributed by atoms with Gasteiger partial charge in [-0.2, -0.15) is 0 Å². The number of nitrogens with zero attached hydrogens (tertiary/aromatic N) is 2. The van der Waals surface area contributed by atoms with Crippen molar-refractivity contribution in [2.24, 2.45) is 0 Å². The van der Waals surface area contributed by atoms with Crippen molar-refractivity contribution in [3.05, 3.63) is 39.0 Å². The number of hydrogen-bond acceptors (Lipinski definition) is 5. The number of amides is 1. The number of rotatable bonds is 2. The number of thiazole rings is 1. The van der Waals surface area contributed by atoms with Crippen LogP contribution in [0.15, 0.2) is 17.2 Å². The fraction of sp³-hybridized carbons (Fsp3) is 0.333. The highest BCUT2D eigenvalue weighted by atomic mass is 32.1. The molecule has 2 aromatic rings. The van der Waals surface area contributed by atoms with Gasteiger partial charge in [0.05, 0.1) is 12.0 Å². The molecule has 0 radical (unpaired) electrons. The van der Waals surface area contributed by atoms with Crippen LogP contribution in [-0.2, 0) is 12.8 Å². The van der Waals surface area contributed by atoms with Crippen molar-refractivity contribution in [2.45, 2.75) is 25.7 Å². The van der Waals surface area contributed by atoms with Crippen molar-refractivity contribution < 1.29 is 4.79 Å². The van der Waals surface area contributed by atoms with Crippen LogP contribution >= 0.6 is 11.3 Å². The Kier molecular flexibility index (Phi) is 3.12. The van der Waals surface area contributed by atoms with E-state index in [1.807, 2.05) is 0 Å². The molecule has 1 amide bonds. The van der Waals surface area contributed by atoms with Crippen LogP contribution in [0.5, 0.6) is 0 Å². The number of hydrogen-bond donors (Lipinski definition) is 2. The molecule has 2 N–H and O–H groups in total. The van der Waals surface area contributed by atoms with Crippen molar-refractivity contribution in [3.63, 3.8) is 0 Å². The maximum Gasteiger partial charge on any atom is 0.276 e. The average molecular weight is 276 g/mol. The third-order valence-corrected chi connectivity index (χ3v) is 4.05. The second kappa shape index (κ2) is 4.93. The molecule has 1 aliphatic carbocycles. The van der Waals surface area contributed by atoms with Gasteiger partial charge in [0.2, 0.25) is 0 Å². The molecule has 2 aromatic heterocycles. The summed E-state index contributed by atoms with van der Waals surface area (Å²) < 4.78 is 0. The summed E-state index contributed by atoms with van der Waals surface area (Å²) in [5.74, 6) is -0.405. The third kappa shape index (κ3) is 2.55. The van der Waals surface area contributed by atoms with E-state index in [4.69, 9.17) is 0 Å². The predicted octanol–water partition coefficient (Wildman–Crippen LogP) is 1.36. The maximum absolute atomic E-state index is 11.9. The highest BCUT2D eigenvalue weighted by Crippen LogP contribution is 2.29. The van der Waals surface area contributed by atoms with Crippen molar-refractivity contribution in [2.75, 3.05) is 5.32 Å². The van der Waals surface area contributed by atoms with Crippen LogP contribution < -0.4 is 10.9 Å². The number of carbonyl (C=O) groups is 1. The molecule has 0 aliphatic heterocycles. The van der Waals surface area contributed by atoms with Gasteiger partial charge in [0, 0.05) is 10.9 Å². The summed E-state index contributed by atoms with van der Waals surface area (Å²) in [7, 11) is 0. The van der Waals surface area contributed by atoms with Crippen LogP contribution in [0.4, 0.5) is 5.13 Å². The van der Waals surface area contributed by atoms with Gasteiger partial charge in [-0.3, -0.25) is 14.9 Å². The number of anilines is 1. The molecule has 0 fully saturated rings. The zero-order chi connectivity index (χ0) is 13.2. The van der Waals surface area contributed by atoms with E-state index in [0.29, 0.717) is 5.13 Å². The van der Waals surface area contributed by atoms with Gasteiger partial charge >= 0.3 is 0 Å². The van der Waals surface area contributed by atoms with Gasteiger partial charge in [0.1, 0.15) is 5.69 Å². The maximum atomic E-state index is 11.9. The number of carbonyl (C=O) groups excluding carboxylic acids is 1. The molecule has 0 unspecified atom stereocenters. The van der Waals surface area contributed by atoms with Gasteiger partial charge in [-0.05, 0) is 25.7 Å². The second-order valence-electron chi connectivity index (χ2n) is 4.35. The summed E-state index contributed by atoms with van der Waals surface area (Å²) in [6, 6.07) is 1.17. The van der Waals surface area contributed by atoms with Crippen LogP contribution in [0.2, 0.25) is 0 Å². The van der Waals surface area contributed by atoms with E-state index in [-0.39, 0.29) is 11.3 Å². The Hall–Kier alpha value is -2.02. The number of H-pyrrole nitrogens is 1. The van der Waals surface area contributed by atoms with Gasteiger partial charge in [-0.1, -0.05) is 0 Å². The lowest BCUT2D eigenvalue weighted by molar-refractivity contribution is 0.102. The Labute approximate surface area is 112 Å². The summed E-state index contributed by atoms with van der Waals surface area (Å²) in [5, 5.41) is 3.28. The summed E-state index contributed by atoms with van der Waals surface area (Å²) in [6.45, 7) is 0. The normalized spacial score (nSPS) is 13.9. The Morgan fingerprint density at radius 2 is 2.21 bits per heavy atom. The molecular formula is C12H12N4O2S. The van der Waals surface area contributed by atoms with Gasteiger partial charge in [-0.15, -0.1) is 11.3 Å². The van der Waals surface area contributed by atoms with E-state index in [1.165, 1.54) is 35.0 Å². The van der Waals surface area contributed by atoms with Gasteiger partial charge in [0.25, 0.3) is 11.5 Å². The monoisotopic (exact) mass is 276 g/mol. The molecule has 2 heterocycles. The lowest BCUT2D eigenvalue weighted by Crippen LogP contribution is -2.17. The number of aromatic amines is 1. The average Bonchev–Trinajstić information content (AvgIpc) is 2.80.